The van der Waals surface area contributed by atoms with E-state index in [0.29, 0.717) is 36.2 Å². The third-order valence-corrected chi connectivity index (χ3v) is 6.21. The number of nitrogens with zero attached hydrogens (tertiary/aromatic N) is 2. The van der Waals surface area contributed by atoms with Gasteiger partial charge in [-0.25, -0.2) is 8.42 Å². The predicted molar refractivity (Wildman–Crippen MR) is 99.4 cm³/mol. The zero-order valence-electron chi connectivity index (χ0n) is 13.1. The van der Waals surface area contributed by atoms with Crippen molar-refractivity contribution in [3.63, 3.8) is 0 Å². The van der Waals surface area contributed by atoms with Crippen LogP contribution in [0.15, 0.2) is 65.6 Å². The number of thiocarbonyl (C=S) groups is 1. The van der Waals surface area contributed by atoms with E-state index in [2.05, 4.69) is 5.32 Å². The number of anilines is 1. The molecule has 1 heterocycles. The highest BCUT2D eigenvalue weighted by Crippen LogP contribution is 2.17. The average molecular weight is 361 g/mol. The molecule has 0 radical (unpaired) electrons. The first kappa shape index (κ1) is 16.9. The molecule has 0 aliphatic carbocycles. The number of para-hydroxylation sites is 1. The van der Waals surface area contributed by atoms with Gasteiger partial charge in [-0.2, -0.15) is 4.31 Å². The zero-order chi connectivity index (χ0) is 17.0. The van der Waals surface area contributed by atoms with Crippen LogP contribution >= 0.6 is 12.2 Å². The molecule has 1 aliphatic rings. The third-order valence-electron chi connectivity index (χ3n) is 3.93. The highest BCUT2D eigenvalue weighted by Gasteiger charge is 2.29. The van der Waals surface area contributed by atoms with Crippen molar-refractivity contribution < 1.29 is 8.42 Å². The lowest BCUT2D eigenvalue weighted by Crippen LogP contribution is -2.51. The molecule has 1 aliphatic heterocycles. The van der Waals surface area contributed by atoms with Gasteiger partial charge >= 0.3 is 0 Å². The molecule has 0 atom stereocenters. The molecule has 5 nitrogen and oxygen atoms in total. The highest BCUT2D eigenvalue weighted by atomic mass is 32.2. The number of hydrogen-bond donors (Lipinski definition) is 1. The number of sulfonamides is 1. The Morgan fingerprint density at radius 2 is 1.42 bits per heavy atom. The second-order valence-corrected chi connectivity index (χ2v) is 7.82. The maximum Gasteiger partial charge on any atom is 0.243 e. The second-order valence-electron chi connectivity index (χ2n) is 5.50. The van der Waals surface area contributed by atoms with Crippen LogP contribution in [-0.4, -0.2) is 48.9 Å². The monoisotopic (exact) mass is 361 g/mol. The highest BCUT2D eigenvalue weighted by molar-refractivity contribution is 7.89. The van der Waals surface area contributed by atoms with Crippen molar-refractivity contribution in [3.8, 4) is 0 Å². The van der Waals surface area contributed by atoms with E-state index in [9.17, 15) is 8.42 Å². The van der Waals surface area contributed by atoms with Crippen LogP contribution in [0.5, 0.6) is 0 Å². The van der Waals surface area contributed by atoms with Crippen LogP contribution in [0.25, 0.3) is 0 Å². The average Bonchev–Trinajstić information content (AvgIpc) is 2.63. The van der Waals surface area contributed by atoms with Gasteiger partial charge < -0.3 is 10.2 Å². The molecule has 24 heavy (non-hydrogen) atoms. The lowest BCUT2D eigenvalue weighted by molar-refractivity contribution is 0.268. The molecule has 0 saturated carbocycles. The molecule has 0 aromatic heterocycles. The Labute approximate surface area is 147 Å². The van der Waals surface area contributed by atoms with Gasteiger partial charge in [-0.1, -0.05) is 36.4 Å². The van der Waals surface area contributed by atoms with Crippen LogP contribution < -0.4 is 5.32 Å². The first-order chi connectivity index (χ1) is 11.6. The van der Waals surface area contributed by atoms with Gasteiger partial charge in [0.25, 0.3) is 0 Å². The molecule has 0 unspecified atom stereocenters. The molecular weight excluding hydrogens is 342 g/mol. The molecular formula is C17H19N3O2S2. The smallest absolute Gasteiger partial charge is 0.243 e. The normalized spacial score (nSPS) is 15.9. The fraction of sp³-hybridized carbons (Fsp3) is 0.235. The minimum Gasteiger partial charge on any atom is -0.346 e. The Morgan fingerprint density at radius 1 is 0.875 bits per heavy atom. The lowest BCUT2D eigenvalue weighted by atomic mass is 10.3. The van der Waals surface area contributed by atoms with Gasteiger partial charge in [0.2, 0.25) is 10.0 Å². The number of hydrogen-bond acceptors (Lipinski definition) is 3. The summed E-state index contributed by atoms with van der Waals surface area (Å²) in [5, 5.41) is 3.81. The molecule has 2 aromatic rings. The van der Waals surface area contributed by atoms with Crippen molar-refractivity contribution in [2.24, 2.45) is 0 Å². The van der Waals surface area contributed by atoms with Gasteiger partial charge in [0, 0.05) is 31.9 Å². The van der Waals surface area contributed by atoms with E-state index in [-0.39, 0.29) is 0 Å². The van der Waals surface area contributed by atoms with Crippen molar-refractivity contribution in [2.45, 2.75) is 4.90 Å². The minimum absolute atomic E-state index is 0.337. The zero-order valence-corrected chi connectivity index (χ0v) is 14.8. The van der Waals surface area contributed by atoms with Crippen LogP contribution in [0.3, 0.4) is 0 Å². The van der Waals surface area contributed by atoms with Gasteiger partial charge in [0.05, 0.1) is 4.90 Å². The molecule has 0 bridgehead atoms. The van der Waals surface area contributed by atoms with Gasteiger partial charge in [-0.15, -0.1) is 0 Å². The number of benzene rings is 2. The molecule has 1 N–H and O–H groups in total. The fourth-order valence-electron chi connectivity index (χ4n) is 2.60. The molecule has 2 aromatic carbocycles. The van der Waals surface area contributed by atoms with E-state index >= 15 is 0 Å². The summed E-state index contributed by atoms with van der Waals surface area (Å²) in [6.45, 7) is 2.00. The van der Waals surface area contributed by atoms with Crippen molar-refractivity contribution >= 4 is 33.0 Å². The molecule has 1 fully saturated rings. The quantitative estimate of drug-likeness (QED) is 0.851. The van der Waals surface area contributed by atoms with Crippen molar-refractivity contribution in [2.75, 3.05) is 31.5 Å². The summed E-state index contributed by atoms with van der Waals surface area (Å²) in [7, 11) is -3.43. The predicted octanol–water partition coefficient (Wildman–Crippen LogP) is 2.39. The SMILES string of the molecule is O=S(=O)(c1ccccc1)N1CCN(C(=S)Nc2ccccc2)CC1. The van der Waals surface area contributed by atoms with Crippen LogP contribution in [0, 0.1) is 0 Å². The summed E-state index contributed by atoms with van der Waals surface area (Å²) in [5.74, 6) is 0. The van der Waals surface area contributed by atoms with E-state index < -0.39 is 10.0 Å². The Balaban J connectivity index is 1.61. The molecule has 7 heteroatoms. The van der Waals surface area contributed by atoms with E-state index in [0.717, 1.165) is 5.69 Å². The first-order valence-electron chi connectivity index (χ1n) is 7.73. The van der Waals surface area contributed by atoms with Gasteiger partial charge in [0.1, 0.15) is 0 Å². The first-order valence-corrected chi connectivity index (χ1v) is 9.58. The minimum atomic E-state index is -3.43. The molecule has 3 rings (SSSR count). The summed E-state index contributed by atoms with van der Waals surface area (Å²) in [6.07, 6.45) is 0. The van der Waals surface area contributed by atoms with Gasteiger partial charge in [-0.05, 0) is 36.5 Å². The van der Waals surface area contributed by atoms with Crippen molar-refractivity contribution in [1.82, 2.24) is 9.21 Å². The third kappa shape index (κ3) is 3.75. The molecule has 0 spiro atoms. The van der Waals surface area contributed by atoms with E-state index in [1.165, 1.54) is 4.31 Å². The largest absolute Gasteiger partial charge is 0.346 e. The Bertz CT molecular complexity index is 787. The molecule has 0 amide bonds. The summed E-state index contributed by atoms with van der Waals surface area (Å²) in [5.41, 5.74) is 0.932. The number of nitrogens with one attached hydrogen (secondary N) is 1. The summed E-state index contributed by atoms with van der Waals surface area (Å²) in [4.78, 5) is 2.34. The van der Waals surface area contributed by atoms with E-state index in [4.69, 9.17) is 12.2 Å². The van der Waals surface area contributed by atoms with E-state index in [1.807, 2.05) is 41.3 Å². The van der Waals surface area contributed by atoms with Crippen LogP contribution in [-0.2, 0) is 10.0 Å². The van der Waals surface area contributed by atoms with Crippen molar-refractivity contribution in [1.29, 1.82) is 0 Å². The van der Waals surface area contributed by atoms with Crippen molar-refractivity contribution in [3.05, 3.63) is 60.7 Å². The van der Waals surface area contributed by atoms with Crippen LogP contribution in [0.1, 0.15) is 0 Å². The Morgan fingerprint density at radius 3 is 2.00 bits per heavy atom. The second kappa shape index (κ2) is 7.29. The maximum absolute atomic E-state index is 12.6. The van der Waals surface area contributed by atoms with Gasteiger partial charge in [-0.3, -0.25) is 0 Å². The van der Waals surface area contributed by atoms with Crippen LogP contribution in [0.2, 0.25) is 0 Å². The summed E-state index contributed by atoms with van der Waals surface area (Å²) < 4.78 is 26.7. The standard InChI is InChI=1S/C17H19N3O2S2/c21-24(22,16-9-5-2-6-10-16)20-13-11-19(12-14-20)17(23)18-15-7-3-1-4-8-15/h1-10H,11-14H2,(H,18,23). The summed E-state index contributed by atoms with van der Waals surface area (Å²) in [6, 6.07) is 18.3. The van der Waals surface area contributed by atoms with Crippen LogP contribution in [0.4, 0.5) is 5.69 Å². The maximum atomic E-state index is 12.6. The summed E-state index contributed by atoms with van der Waals surface area (Å²) >= 11 is 5.43. The Kier molecular flexibility index (Phi) is 5.13. The number of rotatable bonds is 3. The number of piperazine rings is 1. The Hall–Kier alpha value is -1.96. The lowest BCUT2D eigenvalue weighted by Gasteiger charge is -2.35. The van der Waals surface area contributed by atoms with Gasteiger partial charge in [0.15, 0.2) is 5.11 Å². The molecule has 126 valence electrons. The van der Waals surface area contributed by atoms with E-state index in [1.54, 1.807) is 24.3 Å². The fourth-order valence-corrected chi connectivity index (χ4v) is 4.34. The topological polar surface area (TPSA) is 52.7 Å². The molecule has 1 saturated heterocycles.